The molecule has 100 valence electrons. The Morgan fingerprint density at radius 3 is 2.72 bits per heavy atom. The molecule has 0 aromatic heterocycles. The second-order valence-electron chi connectivity index (χ2n) is 5.26. The lowest BCUT2D eigenvalue weighted by molar-refractivity contribution is 0.173. The first kappa shape index (κ1) is 13.4. The van der Waals surface area contributed by atoms with E-state index < -0.39 is 0 Å². The van der Waals surface area contributed by atoms with E-state index in [0.717, 1.165) is 31.6 Å². The van der Waals surface area contributed by atoms with Crippen molar-refractivity contribution in [2.45, 2.75) is 32.4 Å². The Hall–Kier alpha value is -1.06. The van der Waals surface area contributed by atoms with Crippen molar-refractivity contribution in [1.29, 1.82) is 0 Å². The number of nitrogens with zero attached hydrogens (tertiary/aromatic N) is 2. The zero-order valence-electron chi connectivity index (χ0n) is 11.6. The lowest BCUT2D eigenvalue weighted by Crippen LogP contribution is -2.50. The molecule has 1 aliphatic rings. The second kappa shape index (κ2) is 5.72. The Balaban J connectivity index is 2.22. The number of hydrogen-bond donors (Lipinski definition) is 1. The van der Waals surface area contributed by atoms with Crippen LogP contribution < -0.4 is 4.90 Å². The topological polar surface area (TPSA) is 26.7 Å². The molecule has 1 unspecified atom stereocenters. The summed E-state index contributed by atoms with van der Waals surface area (Å²) in [5, 5.41) is 10.1. The molecule has 1 fully saturated rings. The first-order valence-corrected chi connectivity index (χ1v) is 6.85. The minimum absolute atomic E-state index is 0.351. The fourth-order valence-corrected chi connectivity index (χ4v) is 2.54. The van der Waals surface area contributed by atoms with Gasteiger partial charge in [-0.15, -0.1) is 0 Å². The van der Waals surface area contributed by atoms with Crippen molar-refractivity contribution in [2.75, 3.05) is 31.6 Å². The van der Waals surface area contributed by atoms with Crippen molar-refractivity contribution in [3.8, 4) is 0 Å². The molecule has 0 aliphatic carbocycles. The van der Waals surface area contributed by atoms with E-state index in [4.69, 9.17) is 0 Å². The number of benzene rings is 1. The third kappa shape index (κ3) is 2.68. The zero-order valence-corrected chi connectivity index (χ0v) is 11.6. The van der Waals surface area contributed by atoms with E-state index in [1.807, 2.05) is 19.1 Å². The van der Waals surface area contributed by atoms with Crippen LogP contribution in [0.4, 0.5) is 5.69 Å². The highest BCUT2D eigenvalue weighted by molar-refractivity contribution is 5.55. The van der Waals surface area contributed by atoms with Crippen LogP contribution in [-0.4, -0.2) is 42.7 Å². The largest absolute Gasteiger partial charge is 0.388 e. The number of anilines is 1. The van der Waals surface area contributed by atoms with Crippen molar-refractivity contribution < 1.29 is 5.11 Å². The SMILES string of the molecule is CC[C@@H](O)c1ccccc1N1CCN(C)C(C)C1. The zero-order chi connectivity index (χ0) is 13.1. The van der Waals surface area contributed by atoms with Gasteiger partial charge in [0.2, 0.25) is 0 Å². The standard InChI is InChI=1S/C15H24N2O/c1-4-15(18)13-7-5-6-8-14(13)17-10-9-16(3)12(2)11-17/h5-8,12,15,18H,4,9-11H2,1-3H3/t12?,15-/m1/s1. The number of para-hydroxylation sites is 1. The van der Waals surface area contributed by atoms with Crippen LogP contribution in [0, 0.1) is 0 Å². The second-order valence-corrected chi connectivity index (χ2v) is 5.26. The Labute approximate surface area is 110 Å². The highest BCUT2D eigenvalue weighted by atomic mass is 16.3. The molecule has 1 aliphatic heterocycles. The summed E-state index contributed by atoms with van der Waals surface area (Å²) in [5.74, 6) is 0. The average molecular weight is 248 g/mol. The predicted molar refractivity (Wildman–Crippen MR) is 76.0 cm³/mol. The minimum atomic E-state index is -0.351. The maximum Gasteiger partial charge on any atom is 0.0807 e. The fraction of sp³-hybridized carbons (Fsp3) is 0.600. The third-order valence-electron chi connectivity index (χ3n) is 3.98. The molecule has 2 rings (SSSR count). The Kier molecular flexibility index (Phi) is 4.25. The lowest BCUT2D eigenvalue weighted by atomic mass is 10.0. The van der Waals surface area contributed by atoms with Crippen molar-refractivity contribution in [3.63, 3.8) is 0 Å². The summed E-state index contributed by atoms with van der Waals surface area (Å²) in [6.07, 6.45) is 0.413. The molecule has 0 bridgehead atoms. The summed E-state index contributed by atoms with van der Waals surface area (Å²) in [6.45, 7) is 7.43. The van der Waals surface area contributed by atoms with Gasteiger partial charge < -0.3 is 14.9 Å². The molecule has 18 heavy (non-hydrogen) atoms. The number of hydrogen-bond acceptors (Lipinski definition) is 3. The summed E-state index contributed by atoms with van der Waals surface area (Å²) < 4.78 is 0. The highest BCUT2D eigenvalue weighted by Gasteiger charge is 2.23. The quantitative estimate of drug-likeness (QED) is 0.889. The van der Waals surface area contributed by atoms with Crippen LogP contribution in [0.15, 0.2) is 24.3 Å². The number of aliphatic hydroxyl groups excluding tert-OH is 1. The maximum atomic E-state index is 10.1. The highest BCUT2D eigenvalue weighted by Crippen LogP contribution is 2.29. The van der Waals surface area contributed by atoms with E-state index in [1.54, 1.807) is 0 Å². The van der Waals surface area contributed by atoms with E-state index in [2.05, 4.69) is 35.9 Å². The molecule has 0 amide bonds. The number of piperazine rings is 1. The van der Waals surface area contributed by atoms with Crippen molar-refractivity contribution in [1.82, 2.24) is 4.90 Å². The molecule has 0 radical (unpaired) electrons. The van der Waals surface area contributed by atoms with Gasteiger partial charge in [-0.3, -0.25) is 0 Å². The summed E-state index contributed by atoms with van der Waals surface area (Å²) in [5.41, 5.74) is 2.27. The van der Waals surface area contributed by atoms with Gasteiger partial charge in [0.1, 0.15) is 0 Å². The number of rotatable bonds is 3. The Bertz CT molecular complexity index is 394. The van der Waals surface area contributed by atoms with Crippen LogP contribution in [0.5, 0.6) is 0 Å². The van der Waals surface area contributed by atoms with Crippen LogP contribution in [0.2, 0.25) is 0 Å². The van der Waals surface area contributed by atoms with Gasteiger partial charge in [-0.1, -0.05) is 25.1 Å². The molecule has 1 N–H and O–H groups in total. The van der Waals surface area contributed by atoms with E-state index in [0.29, 0.717) is 6.04 Å². The molecule has 2 atom stereocenters. The molecule has 3 heteroatoms. The summed E-state index contributed by atoms with van der Waals surface area (Å²) in [7, 11) is 2.18. The number of aliphatic hydroxyl groups is 1. The van der Waals surface area contributed by atoms with Crippen LogP contribution in [0.1, 0.15) is 31.9 Å². The average Bonchev–Trinajstić information content (AvgIpc) is 2.41. The third-order valence-corrected chi connectivity index (χ3v) is 3.98. The molecule has 1 saturated heterocycles. The maximum absolute atomic E-state index is 10.1. The van der Waals surface area contributed by atoms with Crippen LogP contribution >= 0.6 is 0 Å². The van der Waals surface area contributed by atoms with Crippen molar-refractivity contribution in [3.05, 3.63) is 29.8 Å². The Morgan fingerprint density at radius 2 is 2.06 bits per heavy atom. The van der Waals surface area contributed by atoms with Gasteiger partial charge in [-0.25, -0.2) is 0 Å². The molecule has 3 nitrogen and oxygen atoms in total. The number of likely N-dealkylation sites (N-methyl/N-ethyl adjacent to an activating group) is 1. The Morgan fingerprint density at radius 1 is 1.33 bits per heavy atom. The van der Waals surface area contributed by atoms with E-state index in [-0.39, 0.29) is 6.10 Å². The molecule has 1 heterocycles. The molecule has 1 aromatic rings. The summed E-state index contributed by atoms with van der Waals surface area (Å²) in [6, 6.07) is 8.81. The van der Waals surface area contributed by atoms with Gasteiger partial charge in [0.15, 0.2) is 0 Å². The van der Waals surface area contributed by atoms with E-state index in [1.165, 1.54) is 5.69 Å². The van der Waals surface area contributed by atoms with Crippen LogP contribution in [0.3, 0.4) is 0 Å². The van der Waals surface area contributed by atoms with Crippen molar-refractivity contribution >= 4 is 5.69 Å². The molecule has 1 aromatic carbocycles. The monoisotopic (exact) mass is 248 g/mol. The first-order chi connectivity index (χ1) is 8.63. The van der Waals surface area contributed by atoms with Crippen LogP contribution in [-0.2, 0) is 0 Å². The van der Waals surface area contributed by atoms with E-state index in [9.17, 15) is 5.11 Å². The predicted octanol–water partition coefficient (Wildman–Crippen LogP) is 2.27. The van der Waals surface area contributed by atoms with Crippen molar-refractivity contribution in [2.24, 2.45) is 0 Å². The molecular weight excluding hydrogens is 224 g/mol. The first-order valence-electron chi connectivity index (χ1n) is 6.85. The van der Waals surface area contributed by atoms with Crippen LogP contribution in [0.25, 0.3) is 0 Å². The van der Waals surface area contributed by atoms with Gasteiger partial charge >= 0.3 is 0 Å². The fourth-order valence-electron chi connectivity index (χ4n) is 2.54. The lowest BCUT2D eigenvalue weighted by Gasteiger charge is -2.40. The normalized spacial score (nSPS) is 23.1. The molecular formula is C15H24N2O. The van der Waals surface area contributed by atoms with Gasteiger partial charge in [-0.05, 0) is 26.5 Å². The van der Waals surface area contributed by atoms with Gasteiger partial charge in [0.05, 0.1) is 6.10 Å². The molecule has 0 spiro atoms. The van der Waals surface area contributed by atoms with Gasteiger partial charge in [-0.2, -0.15) is 0 Å². The molecule has 0 saturated carbocycles. The minimum Gasteiger partial charge on any atom is -0.388 e. The van der Waals surface area contributed by atoms with Gasteiger partial charge in [0, 0.05) is 36.9 Å². The smallest absolute Gasteiger partial charge is 0.0807 e. The summed E-state index contributed by atoms with van der Waals surface area (Å²) >= 11 is 0. The summed E-state index contributed by atoms with van der Waals surface area (Å²) in [4.78, 5) is 4.79. The van der Waals surface area contributed by atoms with E-state index >= 15 is 0 Å². The van der Waals surface area contributed by atoms with Gasteiger partial charge in [0.25, 0.3) is 0 Å².